The Morgan fingerprint density at radius 2 is 2.62 bits per heavy atom. The van der Waals surface area contributed by atoms with Crippen molar-refractivity contribution in [2.75, 3.05) is 19.6 Å². The number of rotatable bonds is 2. The first-order valence-corrected chi connectivity index (χ1v) is 4.83. The highest BCUT2D eigenvalue weighted by Gasteiger charge is 2.18. The van der Waals surface area contributed by atoms with Crippen LogP contribution in [0, 0.1) is 0 Å². The lowest BCUT2D eigenvalue weighted by molar-refractivity contribution is 0.154. The van der Waals surface area contributed by atoms with Gasteiger partial charge in [-0.05, 0) is 19.1 Å². The van der Waals surface area contributed by atoms with Crippen molar-refractivity contribution in [2.24, 2.45) is 0 Å². The highest BCUT2D eigenvalue weighted by Crippen LogP contribution is 2.09. The van der Waals surface area contributed by atoms with Crippen LogP contribution in [0.4, 0.5) is 0 Å². The van der Waals surface area contributed by atoms with E-state index in [4.69, 9.17) is 4.42 Å². The van der Waals surface area contributed by atoms with E-state index in [1.54, 1.807) is 6.26 Å². The van der Waals surface area contributed by atoms with Crippen molar-refractivity contribution in [1.29, 1.82) is 0 Å². The maximum absolute atomic E-state index is 5.32. The summed E-state index contributed by atoms with van der Waals surface area (Å²) in [7, 11) is 0. The first kappa shape index (κ1) is 8.78. The molecule has 1 saturated heterocycles. The average Bonchev–Trinajstić information content (AvgIpc) is 2.61. The van der Waals surface area contributed by atoms with E-state index >= 15 is 0 Å². The first-order chi connectivity index (χ1) is 6.36. The van der Waals surface area contributed by atoms with Crippen LogP contribution in [0.1, 0.15) is 12.7 Å². The molecule has 1 aromatic rings. The molecule has 72 valence electrons. The van der Waals surface area contributed by atoms with Crippen LogP contribution in [0.3, 0.4) is 0 Å². The van der Waals surface area contributed by atoms with E-state index in [1.165, 1.54) is 0 Å². The number of hydrogen-bond donors (Lipinski definition) is 1. The second-order valence-electron chi connectivity index (χ2n) is 3.60. The van der Waals surface area contributed by atoms with Gasteiger partial charge in [-0.1, -0.05) is 0 Å². The fourth-order valence-electron chi connectivity index (χ4n) is 1.72. The lowest BCUT2D eigenvalue weighted by Crippen LogP contribution is -2.49. The maximum Gasteiger partial charge on any atom is 0.117 e. The predicted octanol–water partition coefficient (Wildman–Crippen LogP) is 1.07. The number of piperazine rings is 1. The van der Waals surface area contributed by atoms with Gasteiger partial charge in [0.05, 0.1) is 12.8 Å². The van der Waals surface area contributed by atoms with Gasteiger partial charge in [0, 0.05) is 25.7 Å². The topological polar surface area (TPSA) is 28.4 Å². The Morgan fingerprint density at radius 3 is 3.31 bits per heavy atom. The van der Waals surface area contributed by atoms with Crippen LogP contribution in [0.15, 0.2) is 22.8 Å². The summed E-state index contributed by atoms with van der Waals surface area (Å²) in [6.07, 6.45) is 1.74. The van der Waals surface area contributed by atoms with Crippen molar-refractivity contribution < 1.29 is 4.42 Å². The summed E-state index contributed by atoms with van der Waals surface area (Å²) in [5.41, 5.74) is 0. The molecule has 0 spiro atoms. The lowest BCUT2D eigenvalue weighted by Gasteiger charge is -2.33. The van der Waals surface area contributed by atoms with Gasteiger partial charge in [0.1, 0.15) is 5.76 Å². The SMILES string of the molecule is CC1CNCCN1Cc1ccco1. The largest absolute Gasteiger partial charge is 0.468 e. The summed E-state index contributed by atoms with van der Waals surface area (Å²) >= 11 is 0. The van der Waals surface area contributed by atoms with Gasteiger partial charge in [-0.25, -0.2) is 0 Å². The summed E-state index contributed by atoms with van der Waals surface area (Å²) in [5.74, 6) is 1.06. The Morgan fingerprint density at radius 1 is 1.69 bits per heavy atom. The highest BCUT2D eigenvalue weighted by atomic mass is 16.3. The molecule has 1 aromatic heterocycles. The predicted molar refractivity (Wildman–Crippen MR) is 51.4 cm³/mol. The maximum atomic E-state index is 5.32. The second-order valence-corrected chi connectivity index (χ2v) is 3.60. The Bertz CT molecular complexity index is 245. The summed E-state index contributed by atoms with van der Waals surface area (Å²) in [4.78, 5) is 2.44. The molecule has 3 nitrogen and oxygen atoms in total. The number of nitrogens with zero attached hydrogens (tertiary/aromatic N) is 1. The summed E-state index contributed by atoms with van der Waals surface area (Å²) in [5, 5.41) is 3.37. The van der Waals surface area contributed by atoms with Crippen LogP contribution >= 0.6 is 0 Å². The zero-order chi connectivity index (χ0) is 9.10. The monoisotopic (exact) mass is 180 g/mol. The van der Waals surface area contributed by atoms with E-state index in [-0.39, 0.29) is 0 Å². The molecule has 3 heteroatoms. The Hall–Kier alpha value is -0.800. The molecule has 13 heavy (non-hydrogen) atoms. The number of furan rings is 1. The van der Waals surface area contributed by atoms with Crippen molar-refractivity contribution in [3.8, 4) is 0 Å². The Balaban J connectivity index is 1.93. The highest BCUT2D eigenvalue weighted by molar-refractivity contribution is 4.98. The third kappa shape index (κ3) is 2.11. The molecule has 1 atom stereocenters. The van der Waals surface area contributed by atoms with Gasteiger partial charge in [0.2, 0.25) is 0 Å². The molecule has 1 fully saturated rings. The summed E-state index contributed by atoms with van der Waals surface area (Å²) in [6, 6.07) is 4.59. The van der Waals surface area contributed by atoms with E-state index < -0.39 is 0 Å². The molecule has 0 bridgehead atoms. The van der Waals surface area contributed by atoms with Gasteiger partial charge in [-0.3, -0.25) is 4.90 Å². The van der Waals surface area contributed by atoms with Crippen molar-refractivity contribution in [3.63, 3.8) is 0 Å². The molecule has 1 aliphatic heterocycles. The van der Waals surface area contributed by atoms with Crippen molar-refractivity contribution in [3.05, 3.63) is 24.2 Å². The molecule has 0 aromatic carbocycles. The van der Waals surface area contributed by atoms with Gasteiger partial charge in [0.25, 0.3) is 0 Å². The van der Waals surface area contributed by atoms with Crippen molar-refractivity contribution in [1.82, 2.24) is 10.2 Å². The van der Waals surface area contributed by atoms with Crippen LogP contribution in [-0.4, -0.2) is 30.6 Å². The van der Waals surface area contributed by atoms with Crippen molar-refractivity contribution in [2.45, 2.75) is 19.5 Å². The van der Waals surface area contributed by atoms with Gasteiger partial charge >= 0.3 is 0 Å². The van der Waals surface area contributed by atoms with E-state index in [1.807, 2.05) is 12.1 Å². The Kier molecular flexibility index (Phi) is 2.66. The molecule has 0 radical (unpaired) electrons. The smallest absolute Gasteiger partial charge is 0.117 e. The third-order valence-corrected chi connectivity index (χ3v) is 2.58. The van der Waals surface area contributed by atoms with Gasteiger partial charge in [0.15, 0.2) is 0 Å². The zero-order valence-corrected chi connectivity index (χ0v) is 7.99. The minimum absolute atomic E-state index is 0.610. The van der Waals surface area contributed by atoms with E-state index in [9.17, 15) is 0 Å². The molecular weight excluding hydrogens is 164 g/mol. The third-order valence-electron chi connectivity index (χ3n) is 2.58. The molecule has 2 heterocycles. The van der Waals surface area contributed by atoms with Crippen LogP contribution < -0.4 is 5.32 Å². The molecule has 0 amide bonds. The average molecular weight is 180 g/mol. The fraction of sp³-hybridized carbons (Fsp3) is 0.600. The standard InChI is InChI=1S/C10H16N2O/c1-9-7-11-4-5-12(9)8-10-3-2-6-13-10/h2-3,6,9,11H,4-5,7-8H2,1H3. The van der Waals surface area contributed by atoms with E-state index in [0.717, 1.165) is 31.9 Å². The van der Waals surface area contributed by atoms with Gasteiger partial charge in [-0.2, -0.15) is 0 Å². The van der Waals surface area contributed by atoms with Crippen molar-refractivity contribution >= 4 is 0 Å². The normalized spacial score (nSPS) is 24.8. The molecule has 1 N–H and O–H groups in total. The minimum atomic E-state index is 0.610. The number of nitrogens with one attached hydrogen (secondary N) is 1. The van der Waals surface area contributed by atoms with Crippen LogP contribution in [0.5, 0.6) is 0 Å². The van der Waals surface area contributed by atoms with Crippen LogP contribution in [0.25, 0.3) is 0 Å². The molecule has 1 unspecified atom stereocenters. The van der Waals surface area contributed by atoms with Crippen LogP contribution in [-0.2, 0) is 6.54 Å². The summed E-state index contributed by atoms with van der Waals surface area (Å²) < 4.78 is 5.32. The lowest BCUT2D eigenvalue weighted by atomic mass is 10.2. The zero-order valence-electron chi connectivity index (χ0n) is 7.99. The summed E-state index contributed by atoms with van der Waals surface area (Å²) in [6.45, 7) is 6.47. The van der Waals surface area contributed by atoms with Gasteiger partial charge < -0.3 is 9.73 Å². The van der Waals surface area contributed by atoms with E-state index in [0.29, 0.717) is 6.04 Å². The molecule has 0 aliphatic carbocycles. The van der Waals surface area contributed by atoms with Crippen LogP contribution in [0.2, 0.25) is 0 Å². The molecule has 0 saturated carbocycles. The fourth-order valence-corrected chi connectivity index (χ4v) is 1.72. The second kappa shape index (κ2) is 3.94. The minimum Gasteiger partial charge on any atom is -0.468 e. The Labute approximate surface area is 78.7 Å². The molecule has 2 rings (SSSR count). The number of hydrogen-bond acceptors (Lipinski definition) is 3. The first-order valence-electron chi connectivity index (χ1n) is 4.83. The molecule has 1 aliphatic rings. The quantitative estimate of drug-likeness (QED) is 0.738. The van der Waals surface area contributed by atoms with Gasteiger partial charge in [-0.15, -0.1) is 0 Å². The van der Waals surface area contributed by atoms with E-state index in [2.05, 4.69) is 17.1 Å². The molecular formula is C10H16N2O.